The molecule has 1 saturated carbocycles. The second kappa shape index (κ2) is 5.68. The number of para-hydroxylation sites is 1. The van der Waals surface area contributed by atoms with Crippen molar-refractivity contribution >= 4 is 38.5 Å². The van der Waals surface area contributed by atoms with Crippen molar-refractivity contribution in [3.63, 3.8) is 0 Å². The third-order valence-electron chi connectivity index (χ3n) is 4.22. The van der Waals surface area contributed by atoms with Crippen LogP contribution < -0.4 is 5.32 Å². The van der Waals surface area contributed by atoms with Gasteiger partial charge in [0.2, 0.25) is 0 Å². The molecule has 5 heteroatoms. The summed E-state index contributed by atoms with van der Waals surface area (Å²) in [4.78, 5) is 4.87. The molecule has 20 heavy (non-hydrogen) atoms. The summed E-state index contributed by atoms with van der Waals surface area (Å²) in [5.74, 6) is 1.59. The molecular weight excluding hydrogens is 339 g/mol. The van der Waals surface area contributed by atoms with Gasteiger partial charge in [0.15, 0.2) is 5.17 Å². The second-order valence-electron chi connectivity index (χ2n) is 5.83. The van der Waals surface area contributed by atoms with Crippen molar-refractivity contribution in [3.05, 3.63) is 28.5 Å². The number of hydrogen-bond donors (Lipinski definition) is 1. The first kappa shape index (κ1) is 14.4. The lowest BCUT2D eigenvalue weighted by atomic mass is 9.79. The summed E-state index contributed by atoms with van der Waals surface area (Å²) < 4.78 is 14.6. The van der Waals surface area contributed by atoms with E-state index in [1.165, 1.54) is 18.9 Å². The highest BCUT2D eigenvalue weighted by Gasteiger charge is 2.38. The maximum absolute atomic E-state index is 13.8. The van der Waals surface area contributed by atoms with E-state index in [-0.39, 0.29) is 11.4 Å². The van der Waals surface area contributed by atoms with E-state index in [0.717, 1.165) is 34.2 Å². The van der Waals surface area contributed by atoms with Crippen molar-refractivity contribution < 1.29 is 4.39 Å². The zero-order valence-corrected chi connectivity index (χ0v) is 13.9. The number of benzene rings is 1. The number of thioether (sulfide) groups is 1. The molecule has 2 nitrogen and oxygen atoms in total. The number of rotatable bonds is 1. The zero-order valence-electron chi connectivity index (χ0n) is 11.5. The summed E-state index contributed by atoms with van der Waals surface area (Å²) in [6.45, 7) is 2.31. The number of amidine groups is 1. The smallest absolute Gasteiger partial charge is 0.161 e. The minimum Gasteiger partial charge on any atom is -0.332 e. The molecule has 0 atom stereocenters. The normalized spacial score (nSPS) is 29.6. The molecule has 3 rings (SSSR count). The Kier molecular flexibility index (Phi) is 4.09. The third kappa shape index (κ3) is 2.89. The van der Waals surface area contributed by atoms with Gasteiger partial charge in [-0.15, -0.1) is 0 Å². The maximum Gasteiger partial charge on any atom is 0.161 e. The van der Waals surface area contributed by atoms with E-state index in [0.29, 0.717) is 5.69 Å². The Morgan fingerprint density at radius 3 is 2.85 bits per heavy atom. The number of aliphatic imine (C=N–C) groups is 1. The van der Waals surface area contributed by atoms with Gasteiger partial charge in [-0.3, -0.25) is 4.99 Å². The molecule has 1 aromatic rings. The molecule has 2 aliphatic rings. The first-order valence-electron chi connectivity index (χ1n) is 7.02. The predicted octanol–water partition coefficient (Wildman–Crippen LogP) is 5.05. The van der Waals surface area contributed by atoms with E-state index < -0.39 is 0 Å². The van der Waals surface area contributed by atoms with E-state index in [9.17, 15) is 4.39 Å². The average molecular weight is 357 g/mol. The largest absolute Gasteiger partial charge is 0.332 e. The molecule has 1 aromatic carbocycles. The number of nitrogens with one attached hydrogen (secondary N) is 1. The second-order valence-corrected chi connectivity index (χ2v) is 7.65. The quantitative estimate of drug-likeness (QED) is 0.760. The number of nitrogens with zero attached hydrogens (tertiary/aromatic N) is 1. The molecule has 1 fully saturated rings. The fraction of sp³-hybridized carbons (Fsp3) is 0.533. The van der Waals surface area contributed by atoms with Gasteiger partial charge in [-0.2, -0.15) is 0 Å². The van der Waals surface area contributed by atoms with Gasteiger partial charge in [-0.25, -0.2) is 4.39 Å². The lowest BCUT2D eigenvalue weighted by Gasteiger charge is -2.32. The summed E-state index contributed by atoms with van der Waals surface area (Å²) in [5.41, 5.74) is 0.581. The van der Waals surface area contributed by atoms with Crippen LogP contribution in [0.15, 0.2) is 27.7 Å². The maximum atomic E-state index is 13.8. The standard InChI is InChI=1S/C15H18BrFN2S/c1-10-5-7-15(8-6-10)9-20-14(19-15)18-13-11(16)3-2-4-12(13)17/h2-4,10H,5-9H2,1H3,(H,18,19). The molecule has 0 unspecified atom stereocenters. The summed E-state index contributed by atoms with van der Waals surface area (Å²) >= 11 is 5.10. The number of anilines is 1. The molecule has 0 amide bonds. The minimum absolute atomic E-state index is 0.0945. The molecule has 0 saturated heterocycles. The Bertz CT molecular complexity index is 518. The van der Waals surface area contributed by atoms with Crippen LogP contribution >= 0.6 is 27.7 Å². The van der Waals surface area contributed by atoms with Crippen LogP contribution in [-0.4, -0.2) is 16.5 Å². The van der Waals surface area contributed by atoms with Crippen LogP contribution in [0.5, 0.6) is 0 Å². The van der Waals surface area contributed by atoms with Gasteiger partial charge in [0.1, 0.15) is 5.82 Å². The molecule has 1 N–H and O–H groups in total. The highest BCUT2D eigenvalue weighted by Crippen LogP contribution is 2.42. The minimum atomic E-state index is -0.249. The average Bonchev–Trinajstić information content (AvgIpc) is 2.81. The van der Waals surface area contributed by atoms with E-state index in [2.05, 4.69) is 28.2 Å². The zero-order chi connectivity index (χ0) is 14.2. The van der Waals surface area contributed by atoms with Crippen LogP contribution in [0.25, 0.3) is 0 Å². The summed E-state index contributed by atoms with van der Waals surface area (Å²) in [7, 11) is 0. The molecular formula is C15H18BrFN2S. The lowest BCUT2D eigenvalue weighted by molar-refractivity contribution is 0.273. The molecule has 1 heterocycles. The summed E-state index contributed by atoms with van der Waals surface area (Å²) in [5, 5.41) is 4.00. The highest BCUT2D eigenvalue weighted by molar-refractivity contribution is 9.10. The van der Waals surface area contributed by atoms with Gasteiger partial charge in [0.25, 0.3) is 0 Å². The molecule has 108 valence electrons. The van der Waals surface area contributed by atoms with Gasteiger partial charge >= 0.3 is 0 Å². The van der Waals surface area contributed by atoms with Gasteiger partial charge < -0.3 is 5.32 Å². The van der Waals surface area contributed by atoms with Crippen molar-refractivity contribution in [2.45, 2.75) is 38.1 Å². The van der Waals surface area contributed by atoms with Gasteiger partial charge in [0, 0.05) is 10.2 Å². The fourth-order valence-corrected chi connectivity index (χ4v) is 4.46. The molecule has 1 aliphatic heterocycles. The monoisotopic (exact) mass is 356 g/mol. The van der Waals surface area contributed by atoms with E-state index >= 15 is 0 Å². The first-order valence-corrected chi connectivity index (χ1v) is 8.80. The SMILES string of the molecule is CC1CCC2(CC1)CSC(Nc1c(F)cccc1Br)=N2. The molecule has 1 aliphatic carbocycles. The van der Waals surface area contributed by atoms with Crippen LogP contribution in [0.2, 0.25) is 0 Å². The highest BCUT2D eigenvalue weighted by atomic mass is 79.9. The summed E-state index contributed by atoms with van der Waals surface area (Å²) in [6, 6.07) is 4.99. The van der Waals surface area contributed by atoms with Crippen LogP contribution in [0.1, 0.15) is 32.6 Å². The van der Waals surface area contributed by atoms with Crippen molar-refractivity contribution in [1.29, 1.82) is 0 Å². The fourth-order valence-electron chi connectivity index (χ4n) is 2.83. The lowest BCUT2D eigenvalue weighted by Crippen LogP contribution is -2.32. The van der Waals surface area contributed by atoms with Gasteiger partial charge in [-0.1, -0.05) is 24.8 Å². The Morgan fingerprint density at radius 2 is 2.15 bits per heavy atom. The molecule has 0 bridgehead atoms. The Morgan fingerprint density at radius 1 is 1.40 bits per heavy atom. The van der Waals surface area contributed by atoms with Gasteiger partial charge in [-0.05, 0) is 59.7 Å². The topological polar surface area (TPSA) is 24.4 Å². The number of halogens is 2. The molecule has 0 aromatic heterocycles. The van der Waals surface area contributed by atoms with Crippen LogP contribution in [0, 0.1) is 11.7 Å². The summed E-state index contributed by atoms with van der Waals surface area (Å²) in [6.07, 6.45) is 4.82. The number of hydrogen-bond acceptors (Lipinski definition) is 3. The first-order chi connectivity index (χ1) is 9.58. The van der Waals surface area contributed by atoms with E-state index in [4.69, 9.17) is 4.99 Å². The van der Waals surface area contributed by atoms with Crippen molar-refractivity contribution in [3.8, 4) is 0 Å². The van der Waals surface area contributed by atoms with Crippen molar-refractivity contribution in [1.82, 2.24) is 0 Å². The Labute approximate surface area is 131 Å². The van der Waals surface area contributed by atoms with E-state index in [1.807, 2.05) is 6.07 Å². The van der Waals surface area contributed by atoms with Crippen LogP contribution in [0.4, 0.5) is 10.1 Å². The van der Waals surface area contributed by atoms with Crippen molar-refractivity contribution in [2.24, 2.45) is 10.9 Å². The predicted molar refractivity (Wildman–Crippen MR) is 88.0 cm³/mol. The molecule has 0 radical (unpaired) electrons. The Balaban J connectivity index is 1.76. The van der Waals surface area contributed by atoms with Crippen LogP contribution in [-0.2, 0) is 0 Å². The Hall–Kier alpha value is -0.550. The van der Waals surface area contributed by atoms with Gasteiger partial charge in [0.05, 0.1) is 11.2 Å². The van der Waals surface area contributed by atoms with Crippen LogP contribution in [0.3, 0.4) is 0 Å². The van der Waals surface area contributed by atoms with Crippen molar-refractivity contribution in [2.75, 3.05) is 11.1 Å². The third-order valence-corrected chi connectivity index (χ3v) is 6.03. The molecule has 1 spiro atoms. The van der Waals surface area contributed by atoms with E-state index in [1.54, 1.807) is 17.8 Å².